The third-order valence-corrected chi connectivity index (χ3v) is 11.0. The van der Waals surface area contributed by atoms with Gasteiger partial charge in [0.1, 0.15) is 11.2 Å². The number of anilines is 3. The lowest BCUT2D eigenvalue weighted by atomic mass is 9.92. The minimum absolute atomic E-state index is 0.871. The van der Waals surface area contributed by atoms with E-state index in [1.807, 2.05) is 0 Å². The van der Waals surface area contributed by atoms with Crippen LogP contribution in [0.2, 0.25) is 0 Å². The van der Waals surface area contributed by atoms with Crippen molar-refractivity contribution in [2.45, 2.75) is 0 Å². The van der Waals surface area contributed by atoms with E-state index in [2.05, 4.69) is 205 Å². The third-order valence-electron chi connectivity index (χ3n) is 11.0. The molecule has 0 bridgehead atoms. The van der Waals surface area contributed by atoms with E-state index in [0.717, 1.165) is 39.0 Å². The Balaban J connectivity index is 1.06. The van der Waals surface area contributed by atoms with Crippen LogP contribution in [0.5, 0.6) is 0 Å². The monoisotopic (exact) mass is 687 g/mol. The highest BCUT2D eigenvalue weighted by Crippen LogP contribution is 2.43. The molecule has 0 aliphatic rings. The quantitative estimate of drug-likeness (QED) is 0.168. The molecule has 1 heterocycles. The Hall–Kier alpha value is -7.16. The van der Waals surface area contributed by atoms with Gasteiger partial charge in [0.05, 0.1) is 0 Å². The maximum atomic E-state index is 6.56. The summed E-state index contributed by atoms with van der Waals surface area (Å²) in [5.41, 5.74) is 9.72. The van der Waals surface area contributed by atoms with Crippen molar-refractivity contribution in [1.29, 1.82) is 0 Å². The number of benzene rings is 10. The van der Waals surface area contributed by atoms with Crippen molar-refractivity contribution in [2.24, 2.45) is 0 Å². The van der Waals surface area contributed by atoms with Crippen molar-refractivity contribution in [3.8, 4) is 22.3 Å². The van der Waals surface area contributed by atoms with Crippen LogP contribution in [0, 0.1) is 0 Å². The second-order valence-corrected chi connectivity index (χ2v) is 14.1. The van der Waals surface area contributed by atoms with Crippen molar-refractivity contribution in [1.82, 2.24) is 0 Å². The molecule has 2 nitrogen and oxygen atoms in total. The molecule has 0 spiro atoms. The zero-order valence-corrected chi connectivity index (χ0v) is 29.4. The summed E-state index contributed by atoms with van der Waals surface area (Å²) in [5, 5.41) is 12.3. The molecular weight excluding hydrogens is 655 g/mol. The molecule has 11 aromatic rings. The van der Waals surface area contributed by atoms with Gasteiger partial charge in [0.2, 0.25) is 0 Å². The molecule has 54 heavy (non-hydrogen) atoms. The van der Waals surface area contributed by atoms with Gasteiger partial charge in [-0.15, -0.1) is 0 Å². The average molecular weight is 688 g/mol. The van der Waals surface area contributed by atoms with E-state index in [9.17, 15) is 0 Å². The topological polar surface area (TPSA) is 16.4 Å². The summed E-state index contributed by atoms with van der Waals surface area (Å²) >= 11 is 0. The van der Waals surface area contributed by atoms with Gasteiger partial charge in [0, 0.05) is 33.9 Å². The van der Waals surface area contributed by atoms with E-state index in [4.69, 9.17) is 4.42 Å². The van der Waals surface area contributed by atoms with Gasteiger partial charge in [-0.2, -0.15) is 0 Å². The van der Waals surface area contributed by atoms with Crippen molar-refractivity contribution in [3.63, 3.8) is 0 Å². The molecule has 0 radical (unpaired) electrons. The standard InChI is InChI=1S/C52H33NO/c1-2-10-34(11-3-1)39-14-8-15-41(32-39)53(42-28-30-48-50(33-42)54-49-31-25-36-13-5-7-17-45(36)52(48)49)40-26-22-37(23-27-40)43-18-9-19-47-46(43)29-24-38-21-20-35-12-4-6-16-44(35)51(38)47/h1-33H. The van der Waals surface area contributed by atoms with E-state index in [1.54, 1.807) is 0 Å². The number of hydrogen-bond donors (Lipinski definition) is 0. The van der Waals surface area contributed by atoms with Crippen LogP contribution in [-0.2, 0) is 0 Å². The molecule has 0 amide bonds. The second-order valence-electron chi connectivity index (χ2n) is 14.1. The first-order chi connectivity index (χ1) is 26.8. The first kappa shape index (κ1) is 30.5. The molecule has 0 aliphatic heterocycles. The van der Waals surface area contributed by atoms with Gasteiger partial charge in [-0.1, -0.05) is 152 Å². The number of rotatable bonds is 5. The van der Waals surface area contributed by atoms with Crippen LogP contribution >= 0.6 is 0 Å². The molecule has 0 atom stereocenters. The Morgan fingerprint density at radius 1 is 0.296 bits per heavy atom. The van der Waals surface area contributed by atoms with Crippen LogP contribution < -0.4 is 4.90 Å². The van der Waals surface area contributed by atoms with Crippen LogP contribution in [0.25, 0.3) is 87.3 Å². The van der Waals surface area contributed by atoms with Gasteiger partial charge in [-0.3, -0.25) is 0 Å². The van der Waals surface area contributed by atoms with Crippen molar-refractivity contribution in [2.75, 3.05) is 4.90 Å². The zero-order valence-electron chi connectivity index (χ0n) is 29.4. The molecule has 10 aromatic carbocycles. The normalized spacial score (nSPS) is 11.7. The number of nitrogens with zero attached hydrogens (tertiary/aromatic N) is 1. The Morgan fingerprint density at radius 2 is 0.907 bits per heavy atom. The lowest BCUT2D eigenvalue weighted by Gasteiger charge is -2.26. The van der Waals surface area contributed by atoms with Gasteiger partial charge < -0.3 is 9.32 Å². The molecule has 11 rings (SSSR count). The highest BCUT2D eigenvalue weighted by Gasteiger charge is 2.18. The maximum Gasteiger partial charge on any atom is 0.137 e. The fourth-order valence-corrected chi connectivity index (χ4v) is 8.48. The van der Waals surface area contributed by atoms with Gasteiger partial charge in [0.25, 0.3) is 0 Å². The Kier molecular flexibility index (Phi) is 6.90. The predicted octanol–water partition coefficient (Wildman–Crippen LogP) is 15.0. The summed E-state index contributed by atoms with van der Waals surface area (Å²) in [4.78, 5) is 2.34. The SMILES string of the molecule is c1ccc(-c2cccc(N(c3ccc(-c4cccc5c4ccc4ccc6ccccc6c45)cc3)c3ccc4c(c3)oc3ccc5ccccc5c34)c2)cc1. The molecule has 0 N–H and O–H groups in total. The number of fused-ring (bicyclic) bond motifs is 10. The summed E-state index contributed by atoms with van der Waals surface area (Å²) in [5.74, 6) is 0. The average Bonchev–Trinajstić information content (AvgIpc) is 3.63. The van der Waals surface area contributed by atoms with Crippen LogP contribution in [0.4, 0.5) is 17.1 Å². The first-order valence-corrected chi connectivity index (χ1v) is 18.5. The number of hydrogen-bond acceptors (Lipinski definition) is 2. The van der Waals surface area contributed by atoms with E-state index >= 15 is 0 Å². The summed E-state index contributed by atoms with van der Waals surface area (Å²) in [6, 6.07) is 72.2. The lowest BCUT2D eigenvalue weighted by Crippen LogP contribution is -2.10. The number of furan rings is 1. The minimum atomic E-state index is 0.871. The Labute approximate surface area is 312 Å². The van der Waals surface area contributed by atoms with Crippen molar-refractivity contribution in [3.05, 3.63) is 200 Å². The van der Waals surface area contributed by atoms with Crippen LogP contribution in [0.15, 0.2) is 205 Å². The van der Waals surface area contributed by atoms with E-state index < -0.39 is 0 Å². The third kappa shape index (κ3) is 4.88. The van der Waals surface area contributed by atoms with Gasteiger partial charge in [0.15, 0.2) is 0 Å². The van der Waals surface area contributed by atoms with Crippen LogP contribution in [-0.4, -0.2) is 0 Å². The van der Waals surface area contributed by atoms with Gasteiger partial charge in [-0.05, 0) is 108 Å². The molecule has 1 aromatic heterocycles. The van der Waals surface area contributed by atoms with Crippen LogP contribution in [0.3, 0.4) is 0 Å². The molecule has 0 fully saturated rings. The summed E-state index contributed by atoms with van der Waals surface area (Å²) in [7, 11) is 0. The zero-order chi connectivity index (χ0) is 35.6. The fraction of sp³-hybridized carbons (Fsp3) is 0. The molecule has 0 aliphatic carbocycles. The highest BCUT2D eigenvalue weighted by atomic mass is 16.3. The molecule has 252 valence electrons. The summed E-state index contributed by atoms with van der Waals surface area (Å²) in [6.45, 7) is 0. The van der Waals surface area contributed by atoms with Gasteiger partial charge >= 0.3 is 0 Å². The minimum Gasteiger partial charge on any atom is -0.456 e. The van der Waals surface area contributed by atoms with Crippen molar-refractivity contribution < 1.29 is 4.42 Å². The molecular formula is C52H33NO. The van der Waals surface area contributed by atoms with E-state index in [1.165, 1.54) is 65.3 Å². The molecule has 0 saturated carbocycles. The second kappa shape index (κ2) is 12.2. The van der Waals surface area contributed by atoms with Gasteiger partial charge in [-0.25, -0.2) is 0 Å². The maximum absolute atomic E-state index is 6.56. The largest absolute Gasteiger partial charge is 0.456 e. The predicted molar refractivity (Wildman–Crippen MR) is 229 cm³/mol. The van der Waals surface area contributed by atoms with E-state index in [-0.39, 0.29) is 0 Å². The van der Waals surface area contributed by atoms with Crippen molar-refractivity contribution >= 4 is 82.1 Å². The summed E-state index contributed by atoms with van der Waals surface area (Å²) in [6.07, 6.45) is 0. The van der Waals surface area contributed by atoms with Crippen LogP contribution in [0.1, 0.15) is 0 Å². The molecule has 2 heteroatoms. The fourth-order valence-electron chi connectivity index (χ4n) is 8.48. The molecule has 0 saturated heterocycles. The Bertz CT molecular complexity index is 3210. The molecule has 0 unspecified atom stereocenters. The smallest absolute Gasteiger partial charge is 0.137 e. The lowest BCUT2D eigenvalue weighted by molar-refractivity contribution is 0.669. The Morgan fingerprint density at radius 3 is 1.74 bits per heavy atom. The summed E-state index contributed by atoms with van der Waals surface area (Å²) < 4.78 is 6.56. The van der Waals surface area contributed by atoms with E-state index in [0.29, 0.717) is 0 Å². The highest BCUT2D eigenvalue weighted by molar-refractivity contribution is 6.22. The first-order valence-electron chi connectivity index (χ1n) is 18.5.